The van der Waals surface area contributed by atoms with Gasteiger partial charge in [0.2, 0.25) is 0 Å². The average Bonchev–Trinajstić information content (AvgIpc) is 3.02. The first kappa shape index (κ1) is 45.3. The second-order valence-corrected chi connectivity index (χ2v) is 12.8. The Balaban J connectivity index is 0. The van der Waals surface area contributed by atoms with Gasteiger partial charge < -0.3 is 0 Å². The van der Waals surface area contributed by atoms with E-state index in [1.165, 1.54) is 13.8 Å². The van der Waals surface area contributed by atoms with E-state index in [9.17, 15) is 0 Å². The summed E-state index contributed by atoms with van der Waals surface area (Å²) in [5.41, 5.74) is 62.0. The first-order chi connectivity index (χ1) is 21.7. The third kappa shape index (κ3) is 15.2. The molecule has 46 heavy (non-hydrogen) atoms. The van der Waals surface area contributed by atoms with Crippen LogP contribution in [0.15, 0.2) is 35.8 Å². The predicted octanol–water partition coefficient (Wildman–Crippen LogP) is 11.1. The van der Waals surface area contributed by atoms with Gasteiger partial charge in [-0.1, -0.05) is 49.6 Å². The second kappa shape index (κ2) is 25.3. The van der Waals surface area contributed by atoms with E-state index in [1.807, 2.05) is 0 Å². The third-order valence-corrected chi connectivity index (χ3v) is 10.1. The van der Waals surface area contributed by atoms with E-state index in [2.05, 4.69) is 70.2 Å². The topological polar surface area (TPSA) is 341 Å². The van der Waals surface area contributed by atoms with E-state index in [1.54, 1.807) is 13.8 Å². The Hall–Kier alpha value is -2.80. The van der Waals surface area contributed by atoms with Gasteiger partial charge >= 0.3 is 0 Å². The molecule has 0 bridgehead atoms. The molecule has 252 valence electrons. The monoisotopic (exact) mass is 781 g/mol. The van der Waals surface area contributed by atoms with E-state index < -0.39 is 69.2 Å². The number of hydrogen-bond donors (Lipinski definition) is 0. The lowest BCUT2D eigenvalue weighted by Crippen LogP contribution is -2.49. The van der Waals surface area contributed by atoms with Crippen LogP contribution in [0.5, 0.6) is 0 Å². The summed E-state index contributed by atoms with van der Waals surface area (Å²) < 4.78 is 0. The molecule has 12 atom stereocenters. The van der Waals surface area contributed by atoms with Crippen molar-refractivity contribution in [2.24, 2.45) is 35.8 Å². The van der Waals surface area contributed by atoms with Gasteiger partial charge in [0.15, 0.2) is 0 Å². The zero-order valence-corrected chi connectivity index (χ0v) is 29.4. The molecule has 12 unspecified atom stereocenters. The van der Waals surface area contributed by atoms with Crippen molar-refractivity contribution in [1.82, 2.24) is 0 Å². The van der Waals surface area contributed by atoms with E-state index in [0.717, 1.165) is 0 Å². The van der Waals surface area contributed by atoms with E-state index in [0.29, 0.717) is 0 Å². The van der Waals surface area contributed by atoms with Crippen LogP contribution < -0.4 is 0 Å². The molecular weight excluding hydrogens is 759 g/mol. The number of azide groups is 7. The summed E-state index contributed by atoms with van der Waals surface area (Å²) in [4.78, 5) is 18.2. The molecule has 0 aliphatic rings. The minimum Gasteiger partial charge on any atom is -0.122 e. The molecule has 0 N–H and O–H groups in total. The fourth-order valence-corrected chi connectivity index (χ4v) is 5.61. The van der Waals surface area contributed by atoms with Crippen LogP contribution in [0.25, 0.3) is 73.1 Å². The molecule has 0 spiro atoms. The maximum absolute atomic E-state index is 9.00. The van der Waals surface area contributed by atoms with Crippen molar-refractivity contribution in [1.29, 1.82) is 0 Å². The molecule has 0 aromatic carbocycles. The Bertz CT molecular complexity index is 1200. The highest BCUT2D eigenvalue weighted by atomic mass is 35.5. The van der Waals surface area contributed by atoms with Gasteiger partial charge in [-0.3, -0.25) is 0 Å². The minimum absolute atomic E-state index is 0.309. The second-order valence-electron chi connectivity index (χ2n) is 8.95. The lowest BCUT2D eigenvalue weighted by molar-refractivity contribution is 0.322. The quantitative estimate of drug-likeness (QED) is 0.0510. The predicted molar refractivity (Wildman–Crippen MR) is 181 cm³/mol. The van der Waals surface area contributed by atoms with Gasteiger partial charge in [-0.2, -0.15) is 0 Å². The number of hydrogen-bond acceptors (Lipinski definition) is 7. The molecule has 28 heteroatoms. The molecular formula is C18H26Cl7N21. The smallest absolute Gasteiger partial charge is 0.0693 e. The molecule has 0 aliphatic carbocycles. The summed E-state index contributed by atoms with van der Waals surface area (Å²) in [5.74, 6) is 0. The molecule has 0 saturated heterocycles. The minimum atomic E-state index is -1.58. The molecule has 0 fully saturated rings. The van der Waals surface area contributed by atoms with Gasteiger partial charge in [0.1, 0.15) is 0 Å². The summed E-state index contributed by atoms with van der Waals surface area (Å²) in [5, 5.41) is 20.7. The number of rotatable bonds is 19. The lowest BCUT2D eigenvalue weighted by atomic mass is 9.87. The summed E-state index contributed by atoms with van der Waals surface area (Å²) in [6, 6.07) is -9.58. The van der Waals surface area contributed by atoms with Crippen LogP contribution in [0.2, 0.25) is 0 Å². The van der Waals surface area contributed by atoms with Crippen molar-refractivity contribution in [3.8, 4) is 0 Å². The normalized spacial score (nSPS) is 19.3. The lowest BCUT2D eigenvalue weighted by Gasteiger charge is -2.33. The van der Waals surface area contributed by atoms with Crippen LogP contribution in [-0.4, -0.2) is 79.9 Å². The van der Waals surface area contributed by atoms with Crippen molar-refractivity contribution >= 4 is 81.2 Å². The number of alkyl halides is 7. The SMILES string of the molecule is CC(Cl)C(Cl)C(Cl)C(Cl)C(Cl)C(Cl)C(C)Cl.CC(N=[N+]=[N-])C(N=[N+]=[N-])C(N=[N+]=[N-])C(N=[N+]=[N-])C(N=[N+]=[N-])C(N=[N+]=[N-])C(C)N=[N+]=[N-]. The highest BCUT2D eigenvalue weighted by molar-refractivity contribution is 6.42. The molecule has 0 heterocycles. The van der Waals surface area contributed by atoms with E-state index in [-0.39, 0.29) is 10.8 Å². The molecule has 0 aromatic heterocycles. The summed E-state index contributed by atoms with van der Waals surface area (Å²) in [7, 11) is 0. The fourth-order valence-electron chi connectivity index (χ4n) is 3.55. The summed E-state index contributed by atoms with van der Waals surface area (Å²) in [6.45, 7) is 6.15. The summed E-state index contributed by atoms with van der Waals surface area (Å²) in [6.07, 6.45) is 0. The van der Waals surface area contributed by atoms with E-state index in [4.69, 9.17) is 120 Å². The van der Waals surface area contributed by atoms with Crippen molar-refractivity contribution in [2.45, 2.75) is 108 Å². The van der Waals surface area contributed by atoms with Gasteiger partial charge in [0.25, 0.3) is 0 Å². The molecule has 0 rings (SSSR count). The number of halogens is 7. The Morgan fingerprint density at radius 1 is 0.326 bits per heavy atom. The largest absolute Gasteiger partial charge is 0.122 e. The first-order valence-corrected chi connectivity index (χ1v) is 15.5. The fraction of sp³-hybridized carbons (Fsp3) is 1.00. The molecule has 0 saturated carbocycles. The summed E-state index contributed by atoms with van der Waals surface area (Å²) >= 11 is 42.0. The third-order valence-electron chi connectivity index (χ3n) is 5.87. The Morgan fingerprint density at radius 3 is 0.739 bits per heavy atom. The van der Waals surface area contributed by atoms with Crippen LogP contribution >= 0.6 is 81.2 Å². The molecule has 0 radical (unpaired) electrons. The van der Waals surface area contributed by atoms with Gasteiger partial charge in [0.05, 0.1) is 57.1 Å². The number of nitrogens with zero attached hydrogens (tertiary/aromatic N) is 21. The van der Waals surface area contributed by atoms with Gasteiger partial charge in [0, 0.05) is 57.2 Å². The van der Waals surface area contributed by atoms with Crippen LogP contribution in [0.1, 0.15) is 27.7 Å². The molecule has 21 nitrogen and oxygen atoms in total. The highest BCUT2D eigenvalue weighted by Crippen LogP contribution is 2.32. The molecule has 0 aromatic rings. The highest BCUT2D eigenvalue weighted by Gasteiger charge is 2.40. The maximum atomic E-state index is 9.00. The van der Waals surface area contributed by atoms with Gasteiger partial charge in [-0.05, 0) is 52.6 Å². The maximum Gasteiger partial charge on any atom is 0.0693 e. The average molecular weight is 785 g/mol. The Labute approximate surface area is 296 Å². The van der Waals surface area contributed by atoms with Gasteiger partial charge in [-0.25, -0.2) is 0 Å². The molecule has 0 aliphatic heterocycles. The Kier molecular flexibility index (Phi) is 24.9. The first-order valence-electron chi connectivity index (χ1n) is 12.4. The van der Waals surface area contributed by atoms with Crippen molar-refractivity contribution < 1.29 is 0 Å². The van der Waals surface area contributed by atoms with Crippen molar-refractivity contribution in [3.05, 3.63) is 73.1 Å². The zero-order chi connectivity index (χ0) is 36.0. The van der Waals surface area contributed by atoms with E-state index >= 15 is 0 Å². The molecule has 0 amide bonds. The van der Waals surface area contributed by atoms with Gasteiger partial charge in [-0.15, -0.1) is 81.2 Å². The standard InChI is InChI=1S/C9H13Cl7.C9H13N21/c1-3(10)5(12)7(14)9(16)8(15)6(13)4(2)11;1-3(17-24-10)5(19-26-12)7(21-28-14)9(23-30-16)8(22-29-15)6(20-27-13)4(2)18-25-11/h3-9H,1-2H3;3-9H,1-2H3. The van der Waals surface area contributed by atoms with Crippen LogP contribution in [0.4, 0.5) is 0 Å². The Morgan fingerprint density at radius 2 is 0.522 bits per heavy atom. The van der Waals surface area contributed by atoms with Crippen LogP contribution in [0.3, 0.4) is 0 Å². The van der Waals surface area contributed by atoms with Crippen molar-refractivity contribution in [2.75, 3.05) is 0 Å². The van der Waals surface area contributed by atoms with Crippen LogP contribution in [0, 0.1) is 0 Å². The van der Waals surface area contributed by atoms with Crippen LogP contribution in [-0.2, 0) is 0 Å². The zero-order valence-electron chi connectivity index (χ0n) is 24.1. The van der Waals surface area contributed by atoms with Crippen molar-refractivity contribution in [3.63, 3.8) is 0 Å².